The van der Waals surface area contributed by atoms with Crippen molar-refractivity contribution in [1.82, 2.24) is 4.31 Å². The predicted octanol–water partition coefficient (Wildman–Crippen LogP) is 0.181. The highest BCUT2D eigenvalue weighted by atomic mass is 32.2. The van der Waals surface area contributed by atoms with Crippen molar-refractivity contribution in [3.05, 3.63) is 0 Å². The molecule has 0 unspecified atom stereocenters. The topological polar surface area (TPSA) is 57.6 Å². The zero-order valence-corrected chi connectivity index (χ0v) is 8.92. The summed E-state index contributed by atoms with van der Waals surface area (Å²) in [6, 6.07) is -0.204. The predicted molar refractivity (Wildman–Crippen MR) is 50.9 cm³/mol. The highest BCUT2D eigenvalue weighted by Gasteiger charge is 2.33. The van der Waals surface area contributed by atoms with E-state index in [1.807, 2.05) is 0 Å². The van der Waals surface area contributed by atoms with Gasteiger partial charge in [-0.2, -0.15) is 4.31 Å². The van der Waals surface area contributed by atoms with Crippen LogP contribution >= 0.6 is 0 Å². The lowest BCUT2D eigenvalue weighted by Gasteiger charge is -2.25. The van der Waals surface area contributed by atoms with Crippen molar-refractivity contribution in [2.24, 2.45) is 0 Å². The van der Waals surface area contributed by atoms with Gasteiger partial charge in [-0.25, -0.2) is 8.42 Å². The first-order valence-corrected chi connectivity index (χ1v) is 6.23. The van der Waals surface area contributed by atoms with Gasteiger partial charge in [0.25, 0.3) is 0 Å². The number of likely N-dealkylation sites (N-methyl/N-ethyl adjacent to an activating group) is 1. The molecule has 1 rings (SSSR count). The van der Waals surface area contributed by atoms with Gasteiger partial charge in [0.2, 0.25) is 10.0 Å². The molecule has 2 atom stereocenters. The molecular formula is C8H17NO3S. The van der Waals surface area contributed by atoms with Crippen molar-refractivity contribution in [3.8, 4) is 0 Å². The molecule has 4 nitrogen and oxygen atoms in total. The highest BCUT2D eigenvalue weighted by molar-refractivity contribution is 7.89. The molecule has 0 saturated heterocycles. The molecule has 0 bridgehead atoms. The Morgan fingerprint density at radius 1 is 1.46 bits per heavy atom. The fraction of sp³-hybridized carbons (Fsp3) is 1.00. The molecule has 5 heteroatoms. The van der Waals surface area contributed by atoms with Gasteiger partial charge in [-0.1, -0.05) is 0 Å². The number of rotatable bonds is 3. The van der Waals surface area contributed by atoms with Crippen molar-refractivity contribution >= 4 is 10.0 Å². The minimum atomic E-state index is -3.14. The Morgan fingerprint density at radius 2 is 2.08 bits per heavy atom. The third-order valence-electron chi connectivity index (χ3n) is 2.71. The van der Waals surface area contributed by atoms with Crippen LogP contribution in [-0.2, 0) is 10.0 Å². The lowest BCUT2D eigenvalue weighted by Crippen LogP contribution is -2.42. The second-order valence-electron chi connectivity index (χ2n) is 3.48. The van der Waals surface area contributed by atoms with Crippen LogP contribution in [0.5, 0.6) is 0 Å². The van der Waals surface area contributed by atoms with Gasteiger partial charge in [0, 0.05) is 7.05 Å². The third kappa shape index (κ3) is 2.21. The van der Waals surface area contributed by atoms with Crippen molar-refractivity contribution in [1.29, 1.82) is 0 Å². The Kier molecular flexibility index (Phi) is 3.32. The summed E-state index contributed by atoms with van der Waals surface area (Å²) in [5, 5.41) is 9.51. The maximum atomic E-state index is 11.4. The minimum Gasteiger partial charge on any atom is -0.391 e. The summed E-state index contributed by atoms with van der Waals surface area (Å²) in [6.45, 7) is 1.62. The van der Waals surface area contributed by atoms with Gasteiger partial charge >= 0.3 is 0 Å². The number of aliphatic hydroxyl groups excluding tert-OH is 1. The van der Waals surface area contributed by atoms with Crippen LogP contribution in [0.4, 0.5) is 0 Å². The lowest BCUT2D eigenvalue weighted by atomic mass is 10.2. The maximum absolute atomic E-state index is 11.4. The second-order valence-corrected chi connectivity index (χ2v) is 5.80. The van der Waals surface area contributed by atoms with E-state index < -0.39 is 16.1 Å². The fourth-order valence-corrected chi connectivity index (χ4v) is 2.82. The van der Waals surface area contributed by atoms with Gasteiger partial charge in [-0.3, -0.25) is 0 Å². The number of nitrogens with zero attached hydrogens (tertiary/aromatic N) is 1. The summed E-state index contributed by atoms with van der Waals surface area (Å²) in [5.41, 5.74) is 0. The normalized spacial score (nSPS) is 29.8. The van der Waals surface area contributed by atoms with Gasteiger partial charge in [0.05, 0.1) is 17.9 Å². The monoisotopic (exact) mass is 207 g/mol. The lowest BCUT2D eigenvalue weighted by molar-refractivity contribution is 0.122. The molecule has 1 aliphatic carbocycles. The van der Waals surface area contributed by atoms with E-state index >= 15 is 0 Å². The van der Waals surface area contributed by atoms with Gasteiger partial charge in [0.15, 0.2) is 0 Å². The van der Waals surface area contributed by atoms with E-state index in [1.165, 1.54) is 4.31 Å². The molecule has 0 radical (unpaired) electrons. The number of sulfonamides is 1. The Hall–Kier alpha value is -0.130. The van der Waals surface area contributed by atoms with E-state index in [-0.39, 0.29) is 11.8 Å². The van der Waals surface area contributed by atoms with E-state index in [2.05, 4.69) is 0 Å². The Balaban J connectivity index is 2.72. The average Bonchev–Trinajstić information content (AvgIpc) is 2.50. The molecule has 0 aromatic carbocycles. The van der Waals surface area contributed by atoms with Crippen molar-refractivity contribution < 1.29 is 13.5 Å². The van der Waals surface area contributed by atoms with E-state index in [9.17, 15) is 13.5 Å². The average molecular weight is 207 g/mol. The second kappa shape index (κ2) is 3.94. The molecule has 0 aromatic rings. The molecule has 13 heavy (non-hydrogen) atoms. The zero-order chi connectivity index (χ0) is 10.1. The molecule has 0 amide bonds. The van der Waals surface area contributed by atoms with E-state index in [0.717, 1.165) is 12.8 Å². The van der Waals surface area contributed by atoms with Crippen molar-refractivity contribution in [2.75, 3.05) is 12.8 Å². The molecular weight excluding hydrogens is 190 g/mol. The largest absolute Gasteiger partial charge is 0.391 e. The van der Waals surface area contributed by atoms with Crippen LogP contribution in [0.3, 0.4) is 0 Å². The summed E-state index contributed by atoms with van der Waals surface area (Å²) in [6.07, 6.45) is 1.92. The summed E-state index contributed by atoms with van der Waals surface area (Å²) in [5.74, 6) is 0.104. The Bertz CT molecular complexity index is 263. The Morgan fingerprint density at radius 3 is 2.46 bits per heavy atom. The first kappa shape index (κ1) is 10.9. The van der Waals surface area contributed by atoms with E-state index in [4.69, 9.17) is 0 Å². The first-order valence-electron chi connectivity index (χ1n) is 4.63. The van der Waals surface area contributed by atoms with Crippen LogP contribution in [0.2, 0.25) is 0 Å². The summed E-state index contributed by atoms with van der Waals surface area (Å²) >= 11 is 0. The Labute approximate surface area is 79.6 Å². The molecule has 0 spiro atoms. The molecule has 1 aliphatic rings. The number of hydrogen-bond donors (Lipinski definition) is 1. The first-order chi connectivity index (χ1) is 5.99. The molecule has 0 aromatic heterocycles. The number of aliphatic hydroxyl groups is 1. The van der Waals surface area contributed by atoms with Crippen LogP contribution in [0.15, 0.2) is 0 Å². The van der Waals surface area contributed by atoms with Crippen LogP contribution in [-0.4, -0.2) is 42.8 Å². The molecule has 78 valence electrons. The number of hydrogen-bond acceptors (Lipinski definition) is 3. The van der Waals surface area contributed by atoms with Crippen LogP contribution in [0.1, 0.15) is 26.2 Å². The quantitative estimate of drug-likeness (QED) is 0.718. The van der Waals surface area contributed by atoms with Crippen LogP contribution in [0.25, 0.3) is 0 Å². The molecule has 1 saturated carbocycles. The van der Waals surface area contributed by atoms with Crippen molar-refractivity contribution in [3.63, 3.8) is 0 Å². The summed E-state index contributed by atoms with van der Waals surface area (Å²) in [7, 11) is -1.59. The van der Waals surface area contributed by atoms with Gasteiger partial charge in [-0.05, 0) is 26.2 Å². The van der Waals surface area contributed by atoms with E-state index in [1.54, 1.807) is 14.0 Å². The molecule has 0 heterocycles. The summed E-state index contributed by atoms with van der Waals surface area (Å²) in [4.78, 5) is 0. The van der Waals surface area contributed by atoms with Crippen LogP contribution < -0.4 is 0 Å². The molecule has 0 aliphatic heterocycles. The van der Waals surface area contributed by atoms with Gasteiger partial charge in [-0.15, -0.1) is 0 Å². The molecule has 1 fully saturated rings. The van der Waals surface area contributed by atoms with E-state index in [0.29, 0.717) is 6.42 Å². The van der Waals surface area contributed by atoms with Crippen LogP contribution in [0, 0.1) is 0 Å². The highest BCUT2D eigenvalue weighted by Crippen LogP contribution is 2.24. The smallest absolute Gasteiger partial charge is 0.213 e. The third-order valence-corrected chi connectivity index (χ3v) is 4.59. The van der Waals surface area contributed by atoms with Gasteiger partial charge in [0.1, 0.15) is 0 Å². The molecule has 1 N–H and O–H groups in total. The van der Waals surface area contributed by atoms with Gasteiger partial charge < -0.3 is 5.11 Å². The SMILES string of the molecule is CCS(=O)(=O)N(C)[C@@H]1CCC[C@H]1O. The standard InChI is InChI=1S/C8H17NO3S/c1-3-13(11,12)9(2)7-5-4-6-8(7)10/h7-8,10H,3-6H2,1-2H3/t7-,8-/m1/s1. The summed E-state index contributed by atoms with van der Waals surface area (Å²) < 4.78 is 24.2. The van der Waals surface area contributed by atoms with Crippen molar-refractivity contribution in [2.45, 2.75) is 38.3 Å². The minimum absolute atomic E-state index is 0.104. The maximum Gasteiger partial charge on any atom is 0.213 e. The fourth-order valence-electron chi connectivity index (χ4n) is 1.75. The zero-order valence-electron chi connectivity index (χ0n) is 8.10.